The number of benzene rings is 1. The molecule has 0 aliphatic carbocycles. The zero-order valence-corrected chi connectivity index (χ0v) is 10.6. The molecule has 0 aliphatic rings. The Morgan fingerprint density at radius 3 is 2.65 bits per heavy atom. The van der Waals surface area contributed by atoms with E-state index in [1.807, 2.05) is 30.3 Å². The van der Waals surface area contributed by atoms with E-state index in [-0.39, 0.29) is 5.91 Å². The molecule has 0 unspecified atom stereocenters. The summed E-state index contributed by atoms with van der Waals surface area (Å²) in [6.07, 6.45) is 0. The van der Waals surface area contributed by atoms with E-state index in [1.165, 1.54) is 0 Å². The molecule has 0 aliphatic heterocycles. The molecule has 88 valence electrons. The summed E-state index contributed by atoms with van der Waals surface area (Å²) in [5.41, 5.74) is 1.80. The van der Waals surface area contributed by atoms with Crippen LogP contribution in [0, 0.1) is 6.92 Å². The van der Waals surface area contributed by atoms with Gasteiger partial charge in [0.1, 0.15) is 4.88 Å². The van der Waals surface area contributed by atoms with E-state index in [9.17, 15) is 4.79 Å². The molecule has 1 aromatic carbocycles. The maximum atomic E-state index is 12.1. The highest BCUT2D eigenvalue weighted by Gasteiger charge is 2.17. The van der Waals surface area contributed by atoms with E-state index < -0.39 is 0 Å². The quantitative estimate of drug-likeness (QED) is 0.834. The van der Waals surface area contributed by atoms with Crippen molar-refractivity contribution in [2.75, 3.05) is 7.05 Å². The van der Waals surface area contributed by atoms with E-state index in [1.54, 1.807) is 18.9 Å². The summed E-state index contributed by atoms with van der Waals surface area (Å²) in [4.78, 5) is 14.4. The Morgan fingerprint density at radius 1 is 1.35 bits per heavy atom. The average Bonchev–Trinajstić information content (AvgIpc) is 2.76. The van der Waals surface area contributed by atoms with E-state index in [0.717, 1.165) is 17.1 Å². The molecule has 5 heteroatoms. The van der Waals surface area contributed by atoms with Crippen LogP contribution in [0.1, 0.15) is 20.9 Å². The number of rotatable bonds is 3. The molecule has 2 aromatic rings. The molecule has 0 spiro atoms. The van der Waals surface area contributed by atoms with Crippen molar-refractivity contribution in [1.82, 2.24) is 14.5 Å². The molecule has 2 rings (SSSR count). The molecular weight excluding hydrogens is 234 g/mol. The van der Waals surface area contributed by atoms with Crippen LogP contribution in [-0.4, -0.2) is 27.4 Å². The van der Waals surface area contributed by atoms with Gasteiger partial charge >= 0.3 is 0 Å². The van der Waals surface area contributed by atoms with Crippen molar-refractivity contribution in [3.8, 4) is 0 Å². The third-order valence-electron chi connectivity index (χ3n) is 2.46. The zero-order chi connectivity index (χ0) is 12.3. The van der Waals surface area contributed by atoms with Crippen LogP contribution in [0.4, 0.5) is 0 Å². The fourth-order valence-corrected chi connectivity index (χ4v) is 2.18. The maximum Gasteiger partial charge on any atom is 0.267 e. The third-order valence-corrected chi connectivity index (χ3v) is 3.27. The number of aromatic nitrogens is 2. The largest absolute Gasteiger partial charge is 0.337 e. The summed E-state index contributed by atoms with van der Waals surface area (Å²) < 4.78 is 3.78. The zero-order valence-electron chi connectivity index (χ0n) is 9.75. The molecule has 1 amide bonds. The van der Waals surface area contributed by atoms with Gasteiger partial charge in [0.05, 0.1) is 5.69 Å². The van der Waals surface area contributed by atoms with Gasteiger partial charge < -0.3 is 4.90 Å². The molecule has 0 saturated carbocycles. The van der Waals surface area contributed by atoms with Crippen LogP contribution >= 0.6 is 11.5 Å². The summed E-state index contributed by atoms with van der Waals surface area (Å²) in [6, 6.07) is 9.89. The van der Waals surface area contributed by atoms with Crippen LogP contribution in [0.2, 0.25) is 0 Å². The van der Waals surface area contributed by atoms with Crippen LogP contribution in [0.3, 0.4) is 0 Å². The summed E-state index contributed by atoms with van der Waals surface area (Å²) >= 11 is 1.14. The van der Waals surface area contributed by atoms with Gasteiger partial charge in [0.15, 0.2) is 0 Å². The number of nitrogens with zero attached hydrogens (tertiary/aromatic N) is 3. The molecular formula is C12H13N3OS. The second-order valence-electron chi connectivity index (χ2n) is 3.83. The van der Waals surface area contributed by atoms with Crippen molar-refractivity contribution in [3.63, 3.8) is 0 Å². The smallest absolute Gasteiger partial charge is 0.267 e. The first-order valence-electron chi connectivity index (χ1n) is 5.27. The minimum atomic E-state index is -0.0265. The molecule has 0 radical (unpaired) electrons. The topological polar surface area (TPSA) is 46.1 Å². The minimum Gasteiger partial charge on any atom is -0.337 e. The summed E-state index contributed by atoms with van der Waals surface area (Å²) in [5.74, 6) is -0.0265. The van der Waals surface area contributed by atoms with Crippen molar-refractivity contribution in [2.24, 2.45) is 0 Å². The monoisotopic (exact) mass is 247 g/mol. The Balaban J connectivity index is 2.09. The van der Waals surface area contributed by atoms with Crippen LogP contribution in [0.25, 0.3) is 0 Å². The van der Waals surface area contributed by atoms with Gasteiger partial charge in [0.25, 0.3) is 5.91 Å². The second kappa shape index (κ2) is 5.05. The fourth-order valence-electron chi connectivity index (χ4n) is 1.53. The van der Waals surface area contributed by atoms with Gasteiger partial charge in [-0.1, -0.05) is 34.8 Å². The van der Waals surface area contributed by atoms with Gasteiger partial charge in [0.2, 0.25) is 0 Å². The van der Waals surface area contributed by atoms with Crippen LogP contribution in [-0.2, 0) is 6.54 Å². The number of hydrogen-bond donors (Lipinski definition) is 0. The van der Waals surface area contributed by atoms with E-state index in [2.05, 4.69) is 9.59 Å². The van der Waals surface area contributed by atoms with Crippen molar-refractivity contribution in [1.29, 1.82) is 0 Å². The predicted octanol–water partition coefficient (Wildman–Crippen LogP) is 2.12. The van der Waals surface area contributed by atoms with E-state index >= 15 is 0 Å². The minimum absolute atomic E-state index is 0.0265. The summed E-state index contributed by atoms with van der Waals surface area (Å²) in [7, 11) is 1.79. The standard InChI is InChI=1S/C12H13N3OS/c1-9-11(17-14-13-9)12(16)15(2)8-10-6-4-3-5-7-10/h3-7H,8H2,1-2H3. The third kappa shape index (κ3) is 2.68. The van der Waals surface area contributed by atoms with Gasteiger partial charge in [-0.05, 0) is 24.0 Å². The highest BCUT2D eigenvalue weighted by molar-refractivity contribution is 7.07. The Kier molecular flexibility index (Phi) is 3.49. The van der Waals surface area contributed by atoms with E-state index in [0.29, 0.717) is 17.1 Å². The lowest BCUT2D eigenvalue weighted by molar-refractivity contribution is 0.0789. The summed E-state index contributed by atoms with van der Waals surface area (Å²) in [5, 5.41) is 3.85. The second-order valence-corrected chi connectivity index (χ2v) is 4.59. The lowest BCUT2D eigenvalue weighted by atomic mass is 10.2. The highest BCUT2D eigenvalue weighted by Crippen LogP contribution is 2.13. The molecule has 0 fully saturated rings. The normalized spacial score (nSPS) is 10.2. The predicted molar refractivity (Wildman–Crippen MR) is 66.9 cm³/mol. The van der Waals surface area contributed by atoms with Crippen LogP contribution < -0.4 is 0 Å². The first kappa shape index (κ1) is 11.7. The Morgan fingerprint density at radius 2 is 2.06 bits per heavy atom. The Hall–Kier alpha value is -1.75. The molecule has 0 bridgehead atoms. The highest BCUT2D eigenvalue weighted by atomic mass is 32.1. The Labute approximate surface area is 104 Å². The maximum absolute atomic E-state index is 12.1. The van der Waals surface area contributed by atoms with Crippen molar-refractivity contribution >= 4 is 17.4 Å². The van der Waals surface area contributed by atoms with Crippen molar-refractivity contribution < 1.29 is 4.79 Å². The first-order chi connectivity index (χ1) is 8.18. The molecule has 4 nitrogen and oxygen atoms in total. The van der Waals surface area contributed by atoms with Gasteiger partial charge in [-0.25, -0.2) is 0 Å². The van der Waals surface area contributed by atoms with Crippen molar-refractivity contribution in [3.05, 3.63) is 46.5 Å². The average molecular weight is 247 g/mol. The number of aryl methyl sites for hydroxylation is 1. The molecule has 1 heterocycles. The molecule has 17 heavy (non-hydrogen) atoms. The molecule has 0 atom stereocenters. The number of carbonyl (C=O) groups excluding carboxylic acids is 1. The SMILES string of the molecule is Cc1nnsc1C(=O)N(C)Cc1ccccc1. The van der Waals surface area contributed by atoms with E-state index in [4.69, 9.17) is 0 Å². The van der Waals surface area contributed by atoms with Gasteiger partial charge in [-0.3, -0.25) is 4.79 Å². The number of hydrogen-bond acceptors (Lipinski definition) is 4. The lowest BCUT2D eigenvalue weighted by Gasteiger charge is -2.16. The summed E-state index contributed by atoms with van der Waals surface area (Å²) in [6.45, 7) is 2.39. The number of carbonyl (C=O) groups is 1. The van der Waals surface area contributed by atoms with Gasteiger partial charge in [0, 0.05) is 13.6 Å². The van der Waals surface area contributed by atoms with Crippen LogP contribution in [0.15, 0.2) is 30.3 Å². The van der Waals surface area contributed by atoms with Crippen molar-refractivity contribution in [2.45, 2.75) is 13.5 Å². The Bertz CT molecular complexity index is 509. The van der Waals surface area contributed by atoms with Crippen LogP contribution in [0.5, 0.6) is 0 Å². The molecule has 1 aromatic heterocycles. The molecule has 0 N–H and O–H groups in total. The van der Waals surface area contributed by atoms with Gasteiger partial charge in [-0.15, -0.1) is 5.10 Å². The van der Waals surface area contributed by atoms with Gasteiger partial charge in [-0.2, -0.15) is 0 Å². The fraction of sp³-hybridized carbons (Fsp3) is 0.250. The molecule has 0 saturated heterocycles. The lowest BCUT2D eigenvalue weighted by Crippen LogP contribution is -2.26. The first-order valence-corrected chi connectivity index (χ1v) is 6.04. The number of amides is 1.